The van der Waals surface area contributed by atoms with Crippen LogP contribution in [0.3, 0.4) is 0 Å². The lowest BCUT2D eigenvalue weighted by Gasteiger charge is -2.15. The molecule has 2 aromatic rings. The van der Waals surface area contributed by atoms with Gasteiger partial charge in [0, 0.05) is 12.0 Å². The number of hydrogen-bond acceptors (Lipinski definition) is 1. The van der Waals surface area contributed by atoms with E-state index in [1.54, 1.807) is 42.5 Å². The van der Waals surface area contributed by atoms with E-state index in [1.165, 1.54) is 12.1 Å². The molecule has 0 fully saturated rings. The van der Waals surface area contributed by atoms with Crippen molar-refractivity contribution in [1.82, 2.24) is 0 Å². The van der Waals surface area contributed by atoms with Gasteiger partial charge in [-0.15, -0.1) is 0 Å². The summed E-state index contributed by atoms with van der Waals surface area (Å²) in [4.78, 5) is 11.8. The predicted molar refractivity (Wildman–Crippen MR) is 70.6 cm³/mol. The number of carbonyl (C=O) groups excluding carboxylic acids is 1. The first-order valence-corrected chi connectivity index (χ1v) is 6.02. The molecule has 0 aliphatic carbocycles. The second-order valence-corrected chi connectivity index (χ2v) is 4.56. The second kappa shape index (κ2) is 5.31. The number of Topliss-reactive ketones (excluding diaryl/α,β-unsaturated/α-hetero) is 1. The van der Waals surface area contributed by atoms with Gasteiger partial charge in [-0.3, -0.25) is 4.79 Å². The normalized spacial score (nSPS) is 11.3. The van der Waals surface area contributed by atoms with E-state index >= 15 is 0 Å². The summed E-state index contributed by atoms with van der Waals surface area (Å²) >= 11 is 0. The summed E-state index contributed by atoms with van der Waals surface area (Å²) in [5.74, 6) is -4.51. The third kappa shape index (κ3) is 3.25. The minimum absolute atomic E-state index is 0.0413. The van der Waals surface area contributed by atoms with E-state index < -0.39 is 18.1 Å². The molecule has 98 valence electrons. The molecule has 0 saturated carbocycles. The lowest BCUT2D eigenvalue weighted by molar-refractivity contribution is 0.0106. The van der Waals surface area contributed by atoms with Crippen LogP contribution in [0.25, 0.3) is 0 Å². The minimum atomic E-state index is -3.38. The molecule has 0 heterocycles. The maximum absolute atomic E-state index is 13.9. The van der Waals surface area contributed by atoms with Crippen molar-refractivity contribution in [3.8, 4) is 0 Å². The molecule has 19 heavy (non-hydrogen) atoms. The van der Waals surface area contributed by atoms with Gasteiger partial charge in [0.15, 0.2) is 0 Å². The zero-order valence-corrected chi connectivity index (χ0v) is 10.6. The Morgan fingerprint density at radius 2 is 1.58 bits per heavy atom. The van der Waals surface area contributed by atoms with Crippen molar-refractivity contribution < 1.29 is 13.6 Å². The summed E-state index contributed by atoms with van der Waals surface area (Å²) in [6, 6.07) is 14.4. The van der Waals surface area contributed by atoms with Crippen molar-refractivity contribution >= 4 is 5.78 Å². The Kier molecular flexibility index (Phi) is 3.74. The summed E-state index contributed by atoms with van der Waals surface area (Å²) < 4.78 is 27.9. The number of ketones is 1. The predicted octanol–water partition coefficient (Wildman–Crippen LogP) is 4.06. The van der Waals surface area contributed by atoms with E-state index in [2.05, 4.69) is 0 Å². The van der Waals surface area contributed by atoms with Crippen LogP contribution in [-0.4, -0.2) is 11.7 Å². The van der Waals surface area contributed by atoms with Gasteiger partial charge in [-0.25, -0.2) is 0 Å². The average molecular weight is 260 g/mol. The number of rotatable bonds is 4. The highest BCUT2D eigenvalue weighted by Crippen LogP contribution is 2.25. The Morgan fingerprint density at radius 1 is 1.00 bits per heavy atom. The molecule has 0 unspecified atom stereocenters. The molecular formula is C16H14F2O. The largest absolute Gasteiger partial charge is 0.313 e. The van der Waals surface area contributed by atoms with Crippen LogP contribution < -0.4 is 0 Å². The van der Waals surface area contributed by atoms with Gasteiger partial charge in [-0.2, -0.15) is 8.78 Å². The Labute approximate surface area is 110 Å². The van der Waals surface area contributed by atoms with Gasteiger partial charge < -0.3 is 0 Å². The number of hydrogen-bond donors (Lipinski definition) is 0. The molecule has 0 amide bonds. The van der Waals surface area contributed by atoms with Gasteiger partial charge in [0.1, 0.15) is 0 Å². The topological polar surface area (TPSA) is 17.1 Å². The van der Waals surface area contributed by atoms with E-state index in [0.29, 0.717) is 5.56 Å². The third-order valence-electron chi connectivity index (χ3n) is 2.91. The van der Waals surface area contributed by atoms with Gasteiger partial charge in [0.25, 0.3) is 0 Å². The van der Waals surface area contributed by atoms with Crippen LogP contribution in [-0.2, 0) is 6.42 Å². The van der Waals surface area contributed by atoms with E-state index in [1.807, 2.05) is 6.92 Å². The summed E-state index contributed by atoms with van der Waals surface area (Å²) in [5.41, 5.74) is 1.50. The summed E-state index contributed by atoms with van der Waals surface area (Å²) in [5, 5.41) is 0. The Balaban J connectivity index is 2.18. The summed E-state index contributed by atoms with van der Waals surface area (Å²) in [7, 11) is 0. The van der Waals surface area contributed by atoms with Crippen molar-refractivity contribution in [2.24, 2.45) is 0 Å². The molecule has 0 aromatic heterocycles. The molecule has 2 aromatic carbocycles. The lowest BCUT2D eigenvalue weighted by Crippen LogP contribution is -2.31. The van der Waals surface area contributed by atoms with Gasteiger partial charge in [0.05, 0.1) is 0 Å². The van der Waals surface area contributed by atoms with Crippen LogP contribution in [0.15, 0.2) is 54.6 Å². The molecular weight excluding hydrogens is 246 g/mol. The fourth-order valence-electron chi connectivity index (χ4n) is 1.84. The Hall–Kier alpha value is -2.03. The van der Waals surface area contributed by atoms with Crippen molar-refractivity contribution in [3.63, 3.8) is 0 Å². The number of alkyl halides is 2. The smallest absolute Gasteiger partial charge is 0.287 e. The van der Waals surface area contributed by atoms with Crippen LogP contribution in [0.5, 0.6) is 0 Å². The average Bonchev–Trinajstić information content (AvgIpc) is 2.41. The monoisotopic (exact) mass is 260 g/mol. The molecule has 1 nitrogen and oxygen atoms in total. The standard InChI is InChI=1S/C16H14F2O/c1-12-7-9-13(10-8-12)11-16(17,18)15(19)14-5-3-2-4-6-14/h2-10H,11H2,1H3. The molecule has 0 radical (unpaired) electrons. The molecule has 0 aliphatic heterocycles. The Morgan fingerprint density at radius 3 is 2.16 bits per heavy atom. The summed E-state index contributed by atoms with van der Waals surface area (Å²) in [6.45, 7) is 1.89. The SMILES string of the molecule is Cc1ccc(CC(F)(F)C(=O)c2ccccc2)cc1. The summed E-state index contributed by atoms with van der Waals surface area (Å²) in [6.07, 6.45) is -0.568. The third-order valence-corrected chi connectivity index (χ3v) is 2.91. The maximum Gasteiger partial charge on any atom is 0.313 e. The molecule has 0 bridgehead atoms. The minimum Gasteiger partial charge on any atom is -0.287 e. The highest BCUT2D eigenvalue weighted by atomic mass is 19.3. The van der Waals surface area contributed by atoms with Crippen LogP contribution in [0.2, 0.25) is 0 Å². The van der Waals surface area contributed by atoms with Gasteiger partial charge >= 0.3 is 5.92 Å². The highest BCUT2D eigenvalue weighted by molar-refractivity contribution is 6.01. The van der Waals surface area contributed by atoms with Gasteiger partial charge in [-0.05, 0) is 12.5 Å². The van der Waals surface area contributed by atoms with Gasteiger partial charge in [-0.1, -0.05) is 60.2 Å². The number of benzene rings is 2. The van der Waals surface area contributed by atoms with Crippen LogP contribution in [0.1, 0.15) is 21.5 Å². The van der Waals surface area contributed by atoms with Crippen LogP contribution in [0, 0.1) is 6.92 Å². The number of carbonyl (C=O) groups is 1. The van der Waals surface area contributed by atoms with Crippen LogP contribution in [0.4, 0.5) is 8.78 Å². The molecule has 2 rings (SSSR count). The lowest BCUT2D eigenvalue weighted by atomic mass is 9.98. The molecule has 0 spiro atoms. The molecule has 3 heteroatoms. The molecule has 0 aliphatic rings. The van der Waals surface area contributed by atoms with Crippen LogP contribution >= 0.6 is 0 Å². The van der Waals surface area contributed by atoms with Crippen molar-refractivity contribution in [2.75, 3.05) is 0 Å². The van der Waals surface area contributed by atoms with Crippen molar-refractivity contribution in [2.45, 2.75) is 19.3 Å². The molecule has 0 saturated heterocycles. The highest BCUT2D eigenvalue weighted by Gasteiger charge is 2.39. The quantitative estimate of drug-likeness (QED) is 0.758. The Bertz CT molecular complexity index is 559. The number of aryl methyl sites for hydroxylation is 1. The zero-order valence-electron chi connectivity index (χ0n) is 10.6. The fraction of sp³-hybridized carbons (Fsp3) is 0.188. The zero-order chi connectivity index (χ0) is 13.9. The van der Waals surface area contributed by atoms with Crippen molar-refractivity contribution in [1.29, 1.82) is 0 Å². The number of halogens is 2. The van der Waals surface area contributed by atoms with Crippen molar-refractivity contribution in [3.05, 3.63) is 71.3 Å². The first-order chi connectivity index (χ1) is 8.99. The second-order valence-electron chi connectivity index (χ2n) is 4.56. The fourth-order valence-corrected chi connectivity index (χ4v) is 1.84. The van der Waals surface area contributed by atoms with E-state index in [9.17, 15) is 13.6 Å². The van der Waals surface area contributed by atoms with E-state index in [4.69, 9.17) is 0 Å². The maximum atomic E-state index is 13.9. The van der Waals surface area contributed by atoms with E-state index in [-0.39, 0.29) is 5.56 Å². The molecule has 0 atom stereocenters. The van der Waals surface area contributed by atoms with E-state index in [0.717, 1.165) is 5.56 Å². The molecule has 0 N–H and O–H groups in total. The first kappa shape index (κ1) is 13.4. The van der Waals surface area contributed by atoms with Gasteiger partial charge in [0.2, 0.25) is 5.78 Å². The first-order valence-electron chi connectivity index (χ1n) is 6.02.